The van der Waals surface area contributed by atoms with Crippen molar-refractivity contribution in [2.75, 3.05) is 19.8 Å². The lowest BCUT2D eigenvalue weighted by molar-refractivity contribution is -0.302. The van der Waals surface area contributed by atoms with E-state index in [4.69, 9.17) is 14.2 Å². The first-order valence-corrected chi connectivity index (χ1v) is 34.4. The van der Waals surface area contributed by atoms with Crippen molar-refractivity contribution >= 4 is 11.9 Å². The van der Waals surface area contributed by atoms with Crippen LogP contribution in [-0.4, -0.2) is 100 Å². The van der Waals surface area contributed by atoms with Gasteiger partial charge in [-0.15, -0.1) is 0 Å². The van der Waals surface area contributed by atoms with Crippen molar-refractivity contribution < 1.29 is 49.3 Å². The number of carbonyl (C=O) groups is 2. The van der Waals surface area contributed by atoms with Crippen molar-refractivity contribution in [3.63, 3.8) is 0 Å². The number of rotatable bonds is 60. The molecule has 0 aromatic heterocycles. The van der Waals surface area contributed by atoms with Gasteiger partial charge in [-0.05, 0) is 89.9 Å². The maximum absolute atomic E-state index is 13.0. The molecule has 7 atom stereocenters. The summed E-state index contributed by atoms with van der Waals surface area (Å²) in [5.74, 6) is -0.189. The Bertz CT molecular complexity index is 1480. The molecule has 1 heterocycles. The van der Waals surface area contributed by atoms with Crippen molar-refractivity contribution in [2.45, 2.75) is 365 Å². The zero-order valence-electron chi connectivity index (χ0n) is 52.5. The number of hydrogen-bond donors (Lipinski definition) is 6. The van der Waals surface area contributed by atoms with Crippen LogP contribution in [0.5, 0.6) is 0 Å². The summed E-state index contributed by atoms with van der Waals surface area (Å²) in [6.45, 7) is 4.32. The molecule has 0 aromatic rings. The van der Waals surface area contributed by atoms with Gasteiger partial charge in [0.2, 0.25) is 5.91 Å². The van der Waals surface area contributed by atoms with Crippen LogP contribution in [0.4, 0.5) is 0 Å². The normalized spacial score (nSPS) is 18.5. The van der Waals surface area contributed by atoms with Crippen molar-refractivity contribution in [1.29, 1.82) is 0 Å². The summed E-state index contributed by atoms with van der Waals surface area (Å²) >= 11 is 0. The smallest absolute Gasteiger partial charge is 0.305 e. The average molecular weight is 1140 g/mol. The minimum absolute atomic E-state index is 0.00237. The first kappa shape index (κ1) is 76.6. The van der Waals surface area contributed by atoms with Gasteiger partial charge >= 0.3 is 5.97 Å². The van der Waals surface area contributed by atoms with Gasteiger partial charge in [0.15, 0.2) is 6.29 Å². The number of aliphatic hydroxyl groups excluding tert-OH is 5. The van der Waals surface area contributed by atoms with Crippen molar-refractivity contribution in [3.8, 4) is 0 Å². The molecule has 0 saturated carbocycles. The maximum atomic E-state index is 13.0. The largest absolute Gasteiger partial charge is 0.466 e. The standard InChI is InChI=1S/C70H129NO10/c1-3-5-7-9-11-13-14-15-16-28-32-35-38-42-46-50-54-58-66(75)79-59-55-51-47-43-39-36-33-30-27-25-23-21-19-17-18-20-22-24-26-29-31-34-37-41-45-49-53-57-65(74)71-62(63(73)56-52-48-44-40-12-10-8-6-4-2)61-80-70-69(78)68(77)67(76)64(60-72)81-70/h15-18,21,23,52,56,62-64,67-70,72-73,76-78H,3-14,19-20,22,24-51,53-55,57-61H2,1-2H3,(H,71,74)/b16-15-,18-17-,23-21-,56-52+. The molecule has 1 amide bonds. The quantitative estimate of drug-likeness (QED) is 0.0195. The number of ether oxygens (including phenoxy) is 3. The molecular weight excluding hydrogens is 1010 g/mol. The van der Waals surface area contributed by atoms with E-state index in [1.54, 1.807) is 6.08 Å². The Morgan fingerprint density at radius 3 is 1.26 bits per heavy atom. The fourth-order valence-corrected chi connectivity index (χ4v) is 10.7. The van der Waals surface area contributed by atoms with Gasteiger partial charge in [-0.1, -0.05) is 268 Å². The van der Waals surface area contributed by atoms with E-state index >= 15 is 0 Å². The van der Waals surface area contributed by atoms with Crippen LogP contribution < -0.4 is 5.32 Å². The zero-order valence-corrected chi connectivity index (χ0v) is 52.5. The first-order valence-electron chi connectivity index (χ1n) is 34.4. The highest BCUT2D eigenvalue weighted by Gasteiger charge is 2.44. The second-order valence-corrected chi connectivity index (χ2v) is 23.9. The molecule has 1 aliphatic rings. The van der Waals surface area contributed by atoms with Gasteiger partial charge in [0, 0.05) is 12.8 Å². The highest BCUT2D eigenvalue weighted by Crippen LogP contribution is 2.23. The maximum Gasteiger partial charge on any atom is 0.305 e. The summed E-state index contributed by atoms with van der Waals surface area (Å²) in [6, 6.07) is -0.812. The van der Waals surface area contributed by atoms with E-state index in [0.717, 1.165) is 64.2 Å². The molecular formula is C70H129NO10. The number of nitrogens with one attached hydrogen (secondary N) is 1. The molecule has 1 aliphatic heterocycles. The van der Waals surface area contributed by atoms with Crippen LogP contribution in [0, 0.1) is 0 Å². The number of unbranched alkanes of at least 4 members (excludes halogenated alkanes) is 40. The lowest BCUT2D eigenvalue weighted by Crippen LogP contribution is -2.60. The fraction of sp³-hybridized carbons (Fsp3) is 0.857. The molecule has 11 nitrogen and oxygen atoms in total. The predicted molar refractivity (Wildman–Crippen MR) is 338 cm³/mol. The number of carbonyl (C=O) groups excluding carboxylic acids is 2. The monoisotopic (exact) mass is 1140 g/mol. The van der Waals surface area contributed by atoms with Gasteiger partial charge < -0.3 is 45.1 Å². The molecule has 1 rings (SSSR count). The number of hydrogen-bond acceptors (Lipinski definition) is 10. The molecule has 0 aromatic carbocycles. The van der Waals surface area contributed by atoms with Crippen molar-refractivity contribution in [3.05, 3.63) is 48.6 Å². The molecule has 0 bridgehead atoms. The SMILES string of the molecule is CCCCCCCC/C=C\CCCCCCCCCC(=O)OCCCCCCCCCCC/C=C\C/C=C\CCCCCCCCCCCCCC(=O)NC(COC1OC(CO)C(O)C(O)C1O)C(O)/C=C/CCCCCCCCC. The third kappa shape index (κ3) is 48.5. The Kier molecular flexibility index (Phi) is 56.2. The van der Waals surface area contributed by atoms with E-state index in [-0.39, 0.29) is 18.5 Å². The van der Waals surface area contributed by atoms with Gasteiger partial charge in [-0.3, -0.25) is 9.59 Å². The summed E-state index contributed by atoms with van der Waals surface area (Å²) in [5, 5.41) is 54.3. The van der Waals surface area contributed by atoms with Crippen LogP contribution in [0.3, 0.4) is 0 Å². The molecule has 0 spiro atoms. The molecule has 0 aliphatic carbocycles. The fourth-order valence-electron chi connectivity index (χ4n) is 10.7. The Balaban J connectivity index is 1.95. The number of esters is 1. The first-order chi connectivity index (χ1) is 39.7. The van der Waals surface area contributed by atoms with Crippen molar-refractivity contribution in [2.24, 2.45) is 0 Å². The van der Waals surface area contributed by atoms with Gasteiger partial charge in [-0.2, -0.15) is 0 Å². The van der Waals surface area contributed by atoms with Gasteiger partial charge in [0.05, 0.1) is 32.0 Å². The molecule has 11 heteroatoms. The van der Waals surface area contributed by atoms with Crippen LogP contribution in [0.25, 0.3) is 0 Å². The van der Waals surface area contributed by atoms with E-state index in [1.807, 2.05) is 6.08 Å². The molecule has 1 fully saturated rings. The number of amides is 1. The summed E-state index contributed by atoms with van der Waals surface area (Å²) in [7, 11) is 0. The van der Waals surface area contributed by atoms with Gasteiger partial charge in [0.1, 0.15) is 24.4 Å². The Hall–Kier alpha value is -2.38. The molecule has 1 saturated heterocycles. The molecule has 81 heavy (non-hydrogen) atoms. The minimum atomic E-state index is -1.57. The molecule has 6 N–H and O–H groups in total. The highest BCUT2D eigenvalue weighted by atomic mass is 16.7. The number of aliphatic hydroxyl groups is 5. The third-order valence-corrected chi connectivity index (χ3v) is 16.2. The summed E-state index contributed by atoms with van der Waals surface area (Å²) in [6.07, 6.45) is 66.8. The van der Waals surface area contributed by atoms with E-state index in [0.29, 0.717) is 19.4 Å². The average Bonchev–Trinajstić information content (AvgIpc) is 3.47. The number of allylic oxidation sites excluding steroid dienone is 7. The second-order valence-electron chi connectivity index (χ2n) is 23.9. The Morgan fingerprint density at radius 2 is 0.827 bits per heavy atom. The summed E-state index contributed by atoms with van der Waals surface area (Å²) in [4.78, 5) is 25.1. The predicted octanol–water partition coefficient (Wildman–Crippen LogP) is 17.2. The molecule has 474 valence electrons. The third-order valence-electron chi connectivity index (χ3n) is 16.2. The van der Waals surface area contributed by atoms with Gasteiger partial charge in [0.25, 0.3) is 0 Å². The zero-order chi connectivity index (χ0) is 58.7. The topological polar surface area (TPSA) is 175 Å². The van der Waals surface area contributed by atoms with Crippen LogP contribution in [0.15, 0.2) is 48.6 Å². The molecule has 7 unspecified atom stereocenters. The highest BCUT2D eigenvalue weighted by molar-refractivity contribution is 5.76. The lowest BCUT2D eigenvalue weighted by Gasteiger charge is -2.40. The second kappa shape index (κ2) is 59.4. The van der Waals surface area contributed by atoms with Crippen LogP contribution in [0.1, 0.15) is 322 Å². The van der Waals surface area contributed by atoms with E-state index in [9.17, 15) is 35.1 Å². The van der Waals surface area contributed by atoms with E-state index in [2.05, 4.69) is 55.6 Å². The van der Waals surface area contributed by atoms with Gasteiger partial charge in [-0.25, -0.2) is 0 Å². The summed E-state index contributed by atoms with van der Waals surface area (Å²) < 4.78 is 16.7. The summed E-state index contributed by atoms with van der Waals surface area (Å²) in [5.41, 5.74) is 0. The van der Waals surface area contributed by atoms with Crippen LogP contribution >= 0.6 is 0 Å². The van der Waals surface area contributed by atoms with Crippen molar-refractivity contribution in [1.82, 2.24) is 5.32 Å². The van der Waals surface area contributed by atoms with Crippen LogP contribution in [-0.2, 0) is 23.8 Å². The minimum Gasteiger partial charge on any atom is -0.466 e. The molecule has 0 radical (unpaired) electrons. The Morgan fingerprint density at radius 1 is 0.457 bits per heavy atom. The van der Waals surface area contributed by atoms with Crippen LogP contribution in [0.2, 0.25) is 0 Å². The van der Waals surface area contributed by atoms with E-state index in [1.165, 1.54) is 231 Å². The lowest BCUT2D eigenvalue weighted by atomic mass is 9.99. The van der Waals surface area contributed by atoms with E-state index < -0.39 is 49.5 Å². The Labute approximate surface area is 497 Å².